The van der Waals surface area contributed by atoms with E-state index in [4.69, 9.17) is 12.2 Å². The molecule has 0 bridgehead atoms. The highest BCUT2D eigenvalue weighted by atomic mass is 32.1. The number of carbonyl (C=O) groups excluding carboxylic acids is 1. The molecule has 0 saturated carbocycles. The number of amides is 1. The Labute approximate surface area is 168 Å². The Morgan fingerprint density at radius 1 is 1.25 bits per heavy atom. The molecule has 0 radical (unpaired) electrons. The summed E-state index contributed by atoms with van der Waals surface area (Å²) in [6.07, 6.45) is 2.49. The fourth-order valence-electron chi connectivity index (χ4n) is 3.19. The first kappa shape index (κ1) is 19.8. The Hall–Kier alpha value is -2.99. The molecule has 2 aromatic carbocycles. The van der Waals surface area contributed by atoms with Crippen molar-refractivity contribution in [3.63, 3.8) is 0 Å². The third kappa shape index (κ3) is 4.12. The summed E-state index contributed by atoms with van der Waals surface area (Å²) in [7, 11) is 0. The number of hydrogen-bond donors (Lipinski definition) is 1. The molecular formula is C22H23N3O2S. The largest absolute Gasteiger partial charge is 0.334 e. The fraction of sp³-hybridized carbons (Fsp3) is 0.227. The second-order valence-electron chi connectivity index (χ2n) is 6.61. The Morgan fingerprint density at radius 3 is 2.68 bits per heavy atom. The first-order chi connectivity index (χ1) is 13.5. The number of hydrogen-bond acceptors (Lipinski definition) is 3. The molecule has 0 spiro atoms. The van der Waals surface area contributed by atoms with Crippen molar-refractivity contribution in [3.05, 3.63) is 87.4 Å². The minimum absolute atomic E-state index is 0.0674. The number of rotatable bonds is 7. The minimum Gasteiger partial charge on any atom is -0.334 e. The summed E-state index contributed by atoms with van der Waals surface area (Å²) in [6.45, 7) is 7.24. The van der Waals surface area contributed by atoms with Gasteiger partial charge in [0.05, 0.1) is 10.9 Å². The third-order valence-electron chi connectivity index (χ3n) is 4.54. The average molecular weight is 394 g/mol. The number of nitrogens with one attached hydrogen (secondary N) is 1. The van der Waals surface area contributed by atoms with E-state index in [0.29, 0.717) is 40.9 Å². The van der Waals surface area contributed by atoms with Gasteiger partial charge in [0.25, 0.3) is 11.5 Å². The molecule has 28 heavy (non-hydrogen) atoms. The van der Waals surface area contributed by atoms with E-state index in [2.05, 4.69) is 11.6 Å². The van der Waals surface area contributed by atoms with Crippen LogP contribution in [0.15, 0.2) is 66.0 Å². The molecule has 1 heterocycles. The van der Waals surface area contributed by atoms with Crippen LogP contribution in [-0.4, -0.2) is 26.9 Å². The lowest BCUT2D eigenvalue weighted by atomic mass is 10.1. The van der Waals surface area contributed by atoms with Gasteiger partial charge < -0.3 is 9.88 Å². The summed E-state index contributed by atoms with van der Waals surface area (Å²) in [5, 5.41) is 0.497. The maximum atomic E-state index is 13.1. The van der Waals surface area contributed by atoms with E-state index in [1.807, 2.05) is 42.2 Å². The van der Waals surface area contributed by atoms with Gasteiger partial charge in [-0.15, -0.1) is 6.58 Å². The summed E-state index contributed by atoms with van der Waals surface area (Å²) >= 11 is 5.29. The lowest BCUT2D eigenvalue weighted by Crippen LogP contribution is -2.31. The molecule has 144 valence electrons. The van der Waals surface area contributed by atoms with Gasteiger partial charge in [-0.2, -0.15) is 0 Å². The molecular weight excluding hydrogens is 370 g/mol. The van der Waals surface area contributed by atoms with Crippen molar-refractivity contribution in [2.24, 2.45) is 0 Å². The van der Waals surface area contributed by atoms with Crippen LogP contribution in [0.3, 0.4) is 0 Å². The quantitative estimate of drug-likeness (QED) is 0.481. The zero-order chi connectivity index (χ0) is 20.1. The van der Waals surface area contributed by atoms with Crippen molar-refractivity contribution >= 4 is 29.0 Å². The van der Waals surface area contributed by atoms with E-state index in [0.717, 1.165) is 12.0 Å². The molecule has 1 amide bonds. The molecule has 1 N–H and O–H groups in total. The highest BCUT2D eigenvalue weighted by Crippen LogP contribution is 2.15. The van der Waals surface area contributed by atoms with Crippen molar-refractivity contribution in [1.82, 2.24) is 14.5 Å². The zero-order valence-corrected chi connectivity index (χ0v) is 16.7. The molecule has 0 aliphatic rings. The molecule has 0 unspecified atom stereocenters. The molecule has 0 atom stereocenters. The fourth-order valence-corrected chi connectivity index (χ4v) is 3.46. The third-order valence-corrected chi connectivity index (χ3v) is 4.86. The Bertz CT molecular complexity index is 1120. The monoisotopic (exact) mass is 393 g/mol. The second-order valence-corrected chi connectivity index (χ2v) is 6.99. The number of fused-ring (bicyclic) bond motifs is 1. The van der Waals surface area contributed by atoms with Crippen molar-refractivity contribution in [1.29, 1.82) is 0 Å². The van der Waals surface area contributed by atoms with Crippen LogP contribution < -0.4 is 5.56 Å². The Kier molecular flexibility index (Phi) is 6.21. The van der Waals surface area contributed by atoms with E-state index < -0.39 is 0 Å². The van der Waals surface area contributed by atoms with Gasteiger partial charge in [-0.05, 0) is 42.4 Å². The molecule has 6 heteroatoms. The van der Waals surface area contributed by atoms with Crippen molar-refractivity contribution in [2.45, 2.75) is 26.4 Å². The van der Waals surface area contributed by atoms with Crippen molar-refractivity contribution in [2.75, 3.05) is 6.54 Å². The van der Waals surface area contributed by atoms with Gasteiger partial charge in [0, 0.05) is 25.2 Å². The summed E-state index contributed by atoms with van der Waals surface area (Å²) < 4.78 is 1.77. The lowest BCUT2D eigenvalue weighted by molar-refractivity contribution is 0.0743. The predicted molar refractivity (Wildman–Crippen MR) is 115 cm³/mol. The van der Waals surface area contributed by atoms with Crippen LogP contribution >= 0.6 is 12.2 Å². The van der Waals surface area contributed by atoms with E-state index in [-0.39, 0.29) is 11.5 Å². The summed E-state index contributed by atoms with van der Waals surface area (Å²) in [4.78, 5) is 30.6. The summed E-state index contributed by atoms with van der Waals surface area (Å²) in [5.74, 6) is -0.0674. The van der Waals surface area contributed by atoms with Crippen LogP contribution in [0.5, 0.6) is 0 Å². The first-order valence-electron chi connectivity index (χ1n) is 9.26. The molecule has 3 rings (SSSR count). The maximum absolute atomic E-state index is 13.1. The van der Waals surface area contributed by atoms with Gasteiger partial charge in [-0.1, -0.05) is 43.3 Å². The highest BCUT2D eigenvalue weighted by Gasteiger charge is 2.17. The minimum atomic E-state index is -0.188. The number of benzene rings is 2. The van der Waals surface area contributed by atoms with Gasteiger partial charge >= 0.3 is 0 Å². The molecule has 1 aromatic heterocycles. The van der Waals surface area contributed by atoms with Crippen molar-refractivity contribution < 1.29 is 4.79 Å². The van der Waals surface area contributed by atoms with E-state index in [1.165, 1.54) is 4.57 Å². The smallest absolute Gasteiger partial charge is 0.262 e. The topological polar surface area (TPSA) is 58.1 Å². The highest BCUT2D eigenvalue weighted by molar-refractivity contribution is 7.71. The summed E-state index contributed by atoms with van der Waals surface area (Å²) in [6, 6.07) is 15.0. The molecule has 0 fully saturated rings. The van der Waals surface area contributed by atoms with Crippen LogP contribution in [0.2, 0.25) is 0 Å². The molecule has 0 aliphatic carbocycles. The summed E-state index contributed by atoms with van der Waals surface area (Å²) in [5.41, 5.74) is 1.99. The molecule has 3 aromatic rings. The van der Waals surface area contributed by atoms with Gasteiger partial charge in [0.2, 0.25) is 0 Å². The number of nitrogens with zero attached hydrogens (tertiary/aromatic N) is 2. The Morgan fingerprint density at radius 2 is 2.00 bits per heavy atom. The van der Waals surface area contributed by atoms with Crippen LogP contribution in [0, 0.1) is 4.77 Å². The van der Waals surface area contributed by atoms with E-state index in [1.54, 1.807) is 24.3 Å². The number of aromatic amines is 1. The number of carbonyl (C=O) groups is 1. The standard InChI is InChI=1S/C22H23N3O2S/c1-3-12-24(15-16-8-6-5-7-9-16)20(26)17-10-11-18-19(14-17)23-22(28)25(13-4-2)21(18)27/h4-11,14H,2-3,12-13,15H2,1H3,(H,23,28). The van der Waals surface area contributed by atoms with Crippen LogP contribution in [0.4, 0.5) is 0 Å². The maximum Gasteiger partial charge on any atom is 0.262 e. The van der Waals surface area contributed by atoms with Gasteiger partial charge in [-0.25, -0.2) is 0 Å². The van der Waals surface area contributed by atoms with Crippen LogP contribution in [0.1, 0.15) is 29.3 Å². The predicted octanol–water partition coefficient (Wildman–Crippen LogP) is 4.30. The number of allylic oxidation sites excluding steroid dienone is 1. The molecule has 0 aliphatic heterocycles. The lowest BCUT2D eigenvalue weighted by Gasteiger charge is -2.22. The Balaban J connectivity index is 1.98. The molecule has 0 saturated heterocycles. The zero-order valence-electron chi connectivity index (χ0n) is 15.9. The number of H-pyrrole nitrogens is 1. The SMILES string of the molecule is C=CCn1c(=S)[nH]c2cc(C(=O)N(CCC)Cc3ccccc3)ccc2c1=O. The van der Waals surface area contributed by atoms with Gasteiger partial charge in [-0.3, -0.25) is 14.2 Å². The van der Waals surface area contributed by atoms with Gasteiger partial charge in [0.1, 0.15) is 0 Å². The first-order valence-corrected chi connectivity index (χ1v) is 9.67. The second kappa shape index (κ2) is 8.80. The van der Waals surface area contributed by atoms with Crippen molar-refractivity contribution in [3.8, 4) is 0 Å². The van der Waals surface area contributed by atoms with Crippen LogP contribution in [0.25, 0.3) is 10.9 Å². The normalized spacial score (nSPS) is 10.8. The number of aromatic nitrogens is 2. The molecule has 5 nitrogen and oxygen atoms in total. The van der Waals surface area contributed by atoms with Crippen LogP contribution in [-0.2, 0) is 13.1 Å². The average Bonchev–Trinajstić information content (AvgIpc) is 2.70. The van der Waals surface area contributed by atoms with E-state index >= 15 is 0 Å². The van der Waals surface area contributed by atoms with E-state index in [9.17, 15) is 9.59 Å². The van der Waals surface area contributed by atoms with Gasteiger partial charge in [0.15, 0.2) is 4.77 Å².